The predicted molar refractivity (Wildman–Crippen MR) is 186 cm³/mol. The monoisotopic (exact) mass is 566 g/mol. The summed E-state index contributed by atoms with van der Waals surface area (Å²) in [5, 5.41) is 7.65. The predicted octanol–water partition coefficient (Wildman–Crippen LogP) is 11.8. The van der Waals surface area contributed by atoms with Crippen LogP contribution in [0.25, 0.3) is 58.4 Å². The van der Waals surface area contributed by atoms with Gasteiger partial charge in [-0.3, -0.25) is 0 Å². The summed E-state index contributed by atoms with van der Waals surface area (Å²) in [6.07, 6.45) is 0. The number of fused-ring (bicyclic) bond motifs is 7. The number of rotatable bonds is 4. The van der Waals surface area contributed by atoms with E-state index in [0.29, 0.717) is 0 Å². The van der Waals surface area contributed by atoms with Gasteiger partial charge in [-0.2, -0.15) is 0 Å². The number of aromatic nitrogens is 1. The van der Waals surface area contributed by atoms with Crippen molar-refractivity contribution in [3.05, 3.63) is 158 Å². The smallest absolute Gasteiger partial charge is 0.0555 e. The first-order valence-corrected chi connectivity index (χ1v) is 15.4. The molecule has 0 saturated carbocycles. The normalized spacial score (nSPS) is 11.7. The summed E-state index contributed by atoms with van der Waals surface area (Å²) in [6, 6.07) is 57.2. The van der Waals surface area contributed by atoms with E-state index in [9.17, 15) is 0 Å². The Hall–Kier alpha value is -5.38. The third kappa shape index (κ3) is 3.86. The lowest BCUT2D eigenvalue weighted by atomic mass is 10.1. The van der Waals surface area contributed by atoms with E-state index in [4.69, 9.17) is 0 Å². The zero-order chi connectivity index (χ0) is 28.3. The maximum atomic E-state index is 2.44. The van der Waals surface area contributed by atoms with Crippen LogP contribution in [-0.4, -0.2) is 4.57 Å². The van der Waals surface area contributed by atoms with Crippen LogP contribution in [0.2, 0.25) is 0 Å². The number of benzene rings is 7. The fraction of sp³-hybridized carbons (Fsp3) is 0. The summed E-state index contributed by atoms with van der Waals surface area (Å²) < 4.78 is 5.08. The maximum absolute atomic E-state index is 2.44. The van der Waals surface area contributed by atoms with Crippen LogP contribution in [0.3, 0.4) is 0 Å². The molecule has 0 aliphatic rings. The van der Waals surface area contributed by atoms with Crippen LogP contribution in [0.5, 0.6) is 0 Å². The van der Waals surface area contributed by atoms with E-state index in [0.717, 1.165) is 17.1 Å². The van der Waals surface area contributed by atoms with E-state index < -0.39 is 0 Å². The van der Waals surface area contributed by atoms with E-state index >= 15 is 0 Å². The standard InChI is InChI=1S/C40H26N2S/c1-3-13-29(14-4-1)41(30-15-5-2-6-16-30)32-21-22-37-34(24-32)35-25-36-33-17-9-10-18-39(33)43-40(36)26-38(35)42(37)31-20-19-27-11-7-8-12-28(27)23-31/h1-26H. The zero-order valence-corrected chi connectivity index (χ0v) is 24.1. The van der Waals surface area contributed by atoms with Gasteiger partial charge in [0.2, 0.25) is 0 Å². The average Bonchev–Trinajstić information content (AvgIpc) is 3.59. The Balaban J connectivity index is 1.37. The molecule has 0 saturated heterocycles. The van der Waals surface area contributed by atoms with E-state index in [1.807, 2.05) is 11.3 Å². The Kier molecular flexibility index (Phi) is 5.40. The molecule has 2 heterocycles. The highest BCUT2D eigenvalue weighted by Crippen LogP contribution is 2.43. The lowest BCUT2D eigenvalue weighted by Crippen LogP contribution is -2.09. The minimum atomic E-state index is 1.14. The molecule has 9 aromatic rings. The van der Waals surface area contributed by atoms with Crippen LogP contribution >= 0.6 is 11.3 Å². The van der Waals surface area contributed by atoms with Crippen molar-refractivity contribution in [2.24, 2.45) is 0 Å². The average molecular weight is 567 g/mol. The van der Waals surface area contributed by atoms with Crippen molar-refractivity contribution in [1.29, 1.82) is 0 Å². The maximum Gasteiger partial charge on any atom is 0.0555 e. The van der Waals surface area contributed by atoms with Gasteiger partial charge in [-0.15, -0.1) is 11.3 Å². The fourth-order valence-corrected chi connectivity index (χ4v) is 7.68. The van der Waals surface area contributed by atoms with Crippen LogP contribution in [0.15, 0.2) is 158 Å². The minimum absolute atomic E-state index is 1.14. The molecular weight excluding hydrogens is 541 g/mol. The van der Waals surface area contributed by atoms with Crippen molar-refractivity contribution < 1.29 is 0 Å². The lowest BCUT2D eigenvalue weighted by molar-refractivity contribution is 1.19. The summed E-state index contributed by atoms with van der Waals surface area (Å²) in [5.74, 6) is 0. The molecule has 0 spiro atoms. The van der Waals surface area contributed by atoms with Crippen molar-refractivity contribution in [3.63, 3.8) is 0 Å². The van der Waals surface area contributed by atoms with Crippen LogP contribution in [0.4, 0.5) is 17.1 Å². The van der Waals surface area contributed by atoms with Crippen molar-refractivity contribution in [2.45, 2.75) is 0 Å². The van der Waals surface area contributed by atoms with Gasteiger partial charge in [0, 0.05) is 53.7 Å². The van der Waals surface area contributed by atoms with Gasteiger partial charge in [-0.25, -0.2) is 0 Å². The second-order valence-electron chi connectivity index (χ2n) is 11.0. The molecule has 0 atom stereocenters. The Morgan fingerprint density at radius 1 is 0.395 bits per heavy atom. The molecule has 3 heteroatoms. The summed E-state index contributed by atoms with van der Waals surface area (Å²) in [5.41, 5.74) is 7.02. The molecule has 2 nitrogen and oxygen atoms in total. The first-order valence-electron chi connectivity index (χ1n) is 14.6. The van der Waals surface area contributed by atoms with Crippen molar-refractivity contribution in [1.82, 2.24) is 4.57 Å². The van der Waals surface area contributed by atoms with Gasteiger partial charge in [-0.1, -0.05) is 84.9 Å². The summed E-state index contributed by atoms with van der Waals surface area (Å²) >= 11 is 1.87. The number of nitrogens with zero attached hydrogens (tertiary/aromatic N) is 2. The Morgan fingerprint density at radius 3 is 1.86 bits per heavy atom. The van der Waals surface area contributed by atoms with Crippen LogP contribution in [-0.2, 0) is 0 Å². The second-order valence-corrected chi connectivity index (χ2v) is 12.1. The number of anilines is 3. The Labute approximate surface area is 253 Å². The van der Waals surface area contributed by atoms with E-state index in [2.05, 4.69) is 167 Å². The second kappa shape index (κ2) is 9.59. The minimum Gasteiger partial charge on any atom is -0.310 e. The van der Waals surface area contributed by atoms with Gasteiger partial charge in [0.15, 0.2) is 0 Å². The summed E-state index contributed by atoms with van der Waals surface area (Å²) in [4.78, 5) is 2.34. The zero-order valence-electron chi connectivity index (χ0n) is 23.3. The molecule has 0 N–H and O–H groups in total. The van der Waals surface area contributed by atoms with E-state index in [1.54, 1.807) is 0 Å². The quantitative estimate of drug-likeness (QED) is 0.206. The van der Waals surface area contributed by atoms with Gasteiger partial charge in [0.25, 0.3) is 0 Å². The number of thiophene rings is 1. The summed E-state index contributed by atoms with van der Waals surface area (Å²) in [6.45, 7) is 0. The molecule has 0 radical (unpaired) electrons. The highest BCUT2D eigenvalue weighted by atomic mass is 32.1. The molecule has 202 valence electrons. The molecule has 7 aromatic carbocycles. The van der Waals surface area contributed by atoms with Gasteiger partial charge in [-0.05, 0) is 83.6 Å². The Bertz CT molecular complexity index is 2410. The third-order valence-electron chi connectivity index (χ3n) is 8.53. The Morgan fingerprint density at radius 2 is 1.07 bits per heavy atom. The highest BCUT2D eigenvalue weighted by molar-refractivity contribution is 7.25. The van der Waals surface area contributed by atoms with E-state index in [1.165, 1.54) is 58.4 Å². The molecule has 0 amide bonds. The highest BCUT2D eigenvalue weighted by Gasteiger charge is 2.19. The molecule has 43 heavy (non-hydrogen) atoms. The van der Waals surface area contributed by atoms with Gasteiger partial charge >= 0.3 is 0 Å². The van der Waals surface area contributed by atoms with E-state index in [-0.39, 0.29) is 0 Å². The van der Waals surface area contributed by atoms with Gasteiger partial charge in [0.1, 0.15) is 0 Å². The largest absolute Gasteiger partial charge is 0.310 e. The molecule has 0 bridgehead atoms. The van der Waals surface area contributed by atoms with Gasteiger partial charge in [0.05, 0.1) is 11.0 Å². The molecular formula is C40H26N2S. The molecule has 9 rings (SSSR count). The topological polar surface area (TPSA) is 8.17 Å². The molecule has 0 fully saturated rings. The fourth-order valence-electron chi connectivity index (χ4n) is 6.56. The first-order chi connectivity index (χ1) is 21.3. The molecule has 0 unspecified atom stereocenters. The van der Waals surface area contributed by atoms with Crippen molar-refractivity contribution in [2.75, 3.05) is 4.90 Å². The van der Waals surface area contributed by atoms with Crippen LogP contribution < -0.4 is 4.90 Å². The SMILES string of the molecule is c1ccc(N(c2ccccc2)c2ccc3c(c2)c2cc4c(cc2n3-c2ccc3ccccc3c2)sc2ccccc24)cc1. The molecule has 0 aliphatic heterocycles. The first kappa shape index (κ1) is 24.2. The third-order valence-corrected chi connectivity index (χ3v) is 9.66. The van der Waals surface area contributed by atoms with Crippen molar-refractivity contribution in [3.8, 4) is 5.69 Å². The summed E-state index contributed by atoms with van der Waals surface area (Å²) in [7, 11) is 0. The molecule has 0 aliphatic carbocycles. The molecule has 2 aromatic heterocycles. The lowest BCUT2D eigenvalue weighted by Gasteiger charge is -2.25. The number of para-hydroxylation sites is 2. The van der Waals surface area contributed by atoms with Gasteiger partial charge < -0.3 is 9.47 Å². The van der Waals surface area contributed by atoms with Crippen molar-refractivity contribution >= 4 is 81.1 Å². The number of hydrogen-bond acceptors (Lipinski definition) is 2. The van der Waals surface area contributed by atoms with Crippen LogP contribution in [0.1, 0.15) is 0 Å². The van der Waals surface area contributed by atoms with Crippen LogP contribution in [0, 0.1) is 0 Å². The number of hydrogen-bond donors (Lipinski definition) is 0.